The minimum Gasteiger partial charge on any atom is -0.387 e. The molecular formula is C14H16FN3. The minimum absolute atomic E-state index is 0.189. The lowest BCUT2D eigenvalue weighted by Gasteiger charge is -2.07. The first-order chi connectivity index (χ1) is 8.78. The van der Waals surface area contributed by atoms with Gasteiger partial charge in [-0.25, -0.2) is 4.39 Å². The zero-order valence-electron chi connectivity index (χ0n) is 10.3. The Labute approximate surface area is 106 Å². The summed E-state index contributed by atoms with van der Waals surface area (Å²) < 4.78 is 13.0. The van der Waals surface area contributed by atoms with Gasteiger partial charge in [-0.2, -0.15) is 0 Å². The van der Waals surface area contributed by atoms with Crippen molar-refractivity contribution in [3.63, 3.8) is 0 Å². The van der Waals surface area contributed by atoms with Crippen LogP contribution in [0.5, 0.6) is 0 Å². The Morgan fingerprint density at radius 3 is 2.78 bits per heavy atom. The fourth-order valence-corrected chi connectivity index (χ4v) is 1.72. The predicted molar refractivity (Wildman–Crippen MR) is 72.4 cm³/mol. The van der Waals surface area contributed by atoms with Crippen molar-refractivity contribution in [1.29, 1.82) is 0 Å². The van der Waals surface area contributed by atoms with E-state index >= 15 is 0 Å². The number of anilines is 2. The standard InChI is InChI=1S/C14H16FN3/c1-16-13-8-14(10-17-9-13)18-6-5-11-3-2-4-12(15)7-11/h2-4,7-10,16,18H,5-6H2,1H3. The highest BCUT2D eigenvalue weighted by Crippen LogP contribution is 2.12. The molecule has 0 saturated heterocycles. The minimum atomic E-state index is -0.189. The van der Waals surface area contributed by atoms with Gasteiger partial charge in [-0.1, -0.05) is 12.1 Å². The van der Waals surface area contributed by atoms with Gasteiger partial charge in [0, 0.05) is 13.6 Å². The maximum atomic E-state index is 13.0. The fraction of sp³-hybridized carbons (Fsp3) is 0.214. The molecular weight excluding hydrogens is 229 g/mol. The molecule has 0 amide bonds. The van der Waals surface area contributed by atoms with E-state index < -0.39 is 0 Å². The van der Waals surface area contributed by atoms with E-state index in [4.69, 9.17) is 0 Å². The third-order valence-corrected chi connectivity index (χ3v) is 2.66. The fourth-order valence-electron chi connectivity index (χ4n) is 1.72. The molecule has 4 heteroatoms. The summed E-state index contributed by atoms with van der Waals surface area (Å²) in [5.41, 5.74) is 2.91. The summed E-state index contributed by atoms with van der Waals surface area (Å²) in [6.45, 7) is 0.748. The second kappa shape index (κ2) is 6.00. The van der Waals surface area contributed by atoms with Gasteiger partial charge in [0.1, 0.15) is 5.82 Å². The van der Waals surface area contributed by atoms with Crippen molar-refractivity contribution in [1.82, 2.24) is 4.98 Å². The molecule has 0 atom stereocenters. The number of pyridine rings is 1. The van der Waals surface area contributed by atoms with Crippen LogP contribution >= 0.6 is 0 Å². The van der Waals surface area contributed by atoms with Crippen molar-refractivity contribution in [2.24, 2.45) is 0 Å². The Morgan fingerprint density at radius 1 is 1.17 bits per heavy atom. The highest BCUT2D eigenvalue weighted by Gasteiger charge is 1.97. The Balaban J connectivity index is 1.88. The van der Waals surface area contributed by atoms with Crippen molar-refractivity contribution in [2.75, 3.05) is 24.2 Å². The topological polar surface area (TPSA) is 37.0 Å². The molecule has 3 nitrogen and oxygen atoms in total. The Hall–Kier alpha value is -2.10. The first-order valence-electron chi connectivity index (χ1n) is 5.89. The van der Waals surface area contributed by atoms with Gasteiger partial charge in [0.25, 0.3) is 0 Å². The number of rotatable bonds is 5. The Kier molecular flexibility index (Phi) is 4.12. The summed E-state index contributed by atoms with van der Waals surface area (Å²) in [6.07, 6.45) is 4.31. The Morgan fingerprint density at radius 2 is 2.00 bits per heavy atom. The van der Waals surface area contributed by atoms with Crippen LogP contribution in [0.3, 0.4) is 0 Å². The van der Waals surface area contributed by atoms with Crippen LogP contribution in [-0.2, 0) is 6.42 Å². The zero-order valence-corrected chi connectivity index (χ0v) is 10.3. The van der Waals surface area contributed by atoms with Crippen molar-refractivity contribution >= 4 is 11.4 Å². The van der Waals surface area contributed by atoms with Crippen LogP contribution in [0.4, 0.5) is 15.8 Å². The average Bonchev–Trinajstić information content (AvgIpc) is 2.39. The number of halogens is 1. The van der Waals surface area contributed by atoms with Gasteiger partial charge in [0.05, 0.1) is 23.8 Å². The summed E-state index contributed by atoms with van der Waals surface area (Å²) in [5.74, 6) is -0.189. The first kappa shape index (κ1) is 12.4. The molecule has 0 unspecified atom stereocenters. The third kappa shape index (κ3) is 3.45. The molecule has 2 rings (SSSR count). The molecule has 0 bridgehead atoms. The Bertz CT molecular complexity index is 514. The number of aromatic nitrogens is 1. The quantitative estimate of drug-likeness (QED) is 0.850. The SMILES string of the molecule is CNc1cncc(NCCc2cccc(F)c2)c1. The van der Waals surface area contributed by atoms with Crippen molar-refractivity contribution < 1.29 is 4.39 Å². The number of hydrogen-bond donors (Lipinski definition) is 2. The van der Waals surface area contributed by atoms with Crippen LogP contribution in [0.25, 0.3) is 0 Å². The molecule has 0 spiro atoms. The maximum absolute atomic E-state index is 13.0. The van der Waals surface area contributed by atoms with Crippen LogP contribution in [0.2, 0.25) is 0 Å². The molecule has 0 saturated carbocycles. The summed E-state index contributed by atoms with van der Waals surface area (Å²) in [7, 11) is 1.85. The highest BCUT2D eigenvalue weighted by atomic mass is 19.1. The van der Waals surface area contributed by atoms with E-state index in [1.165, 1.54) is 6.07 Å². The monoisotopic (exact) mass is 245 g/mol. The van der Waals surface area contributed by atoms with E-state index in [0.29, 0.717) is 0 Å². The van der Waals surface area contributed by atoms with Crippen LogP contribution in [0, 0.1) is 5.82 Å². The molecule has 2 aromatic rings. The smallest absolute Gasteiger partial charge is 0.123 e. The van der Waals surface area contributed by atoms with Gasteiger partial charge >= 0.3 is 0 Å². The molecule has 0 radical (unpaired) electrons. The summed E-state index contributed by atoms with van der Waals surface area (Å²) >= 11 is 0. The lowest BCUT2D eigenvalue weighted by Crippen LogP contribution is -2.05. The number of nitrogens with one attached hydrogen (secondary N) is 2. The van der Waals surface area contributed by atoms with Crippen molar-refractivity contribution in [2.45, 2.75) is 6.42 Å². The number of benzene rings is 1. The molecule has 0 aliphatic carbocycles. The van der Waals surface area contributed by atoms with E-state index in [0.717, 1.165) is 29.9 Å². The van der Waals surface area contributed by atoms with E-state index in [2.05, 4.69) is 15.6 Å². The van der Waals surface area contributed by atoms with E-state index in [-0.39, 0.29) is 5.82 Å². The van der Waals surface area contributed by atoms with E-state index in [1.807, 2.05) is 19.2 Å². The van der Waals surface area contributed by atoms with Crippen LogP contribution in [-0.4, -0.2) is 18.6 Å². The molecule has 1 heterocycles. The molecule has 1 aromatic carbocycles. The third-order valence-electron chi connectivity index (χ3n) is 2.66. The van der Waals surface area contributed by atoms with Crippen LogP contribution < -0.4 is 10.6 Å². The summed E-state index contributed by atoms with van der Waals surface area (Å²) in [5, 5.41) is 6.29. The molecule has 1 aromatic heterocycles. The van der Waals surface area contributed by atoms with Gasteiger partial charge < -0.3 is 10.6 Å². The lowest BCUT2D eigenvalue weighted by molar-refractivity contribution is 0.625. The largest absolute Gasteiger partial charge is 0.387 e. The maximum Gasteiger partial charge on any atom is 0.123 e. The molecule has 0 aliphatic rings. The second-order valence-electron chi connectivity index (χ2n) is 4.02. The van der Waals surface area contributed by atoms with Gasteiger partial charge in [-0.3, -0.25) is 4.98 Å². The van der Waals surface area contributed by atoms with E-state index in [1.54, 1.807) is 24.5 Å². The molecule has 2 N–H and O–H groups in total. The zero-order chi connectivity index (χ0) is 12.8. The average molecular weight is 245 g/mol. The molecule has 0 fully saturated rings. The first-order valence-corrected chi connectivity index (χ1v) is 5.89. The van der Waals surface area contributed by atoms with Crippen molar-refractivity contribution in [3.05, 3.63) is 54.1 Å². The number of hydrogen-bond acceptors (Lipinski definition) is 3. The van der Waals surface area contributed by atoms with E-state index in [9.17, 15) is 4.39 Å². The molecule has 18 heavy (non-hydrogen) atoms. The second-order valence-corrected chi connectivity index (χ2v) is 4.02. The lowest BCUT2D eigenvalue weighted by atomic mass is 10.1. The number of nitrogens with zero attached hydrogens (tertiary/aromatic N) is 1. The van der Waals surface area contributed by atoms with Crippen LogP contribution in [0.15, 0.2) is 42.7 Å². The summed E-state index contributed by atoms with van der Waals surface area (Å²) in [4.78, 5) is 4.11. The molecule has 94 valence electrons. The highest BCUT2D eigenvalue weighted by molar-refractivity contribution is 5.53. The summed E-state index contributed by atoms with van der Waals surface area (Å²) in [6, 6.07) is 8.65. The van der Waals surface area contributed by atoms with Gasteiger partial charge in [0.15, 0.2) is 0 Å². The van der Waals surface area contributed by atoms with Crippen LogP contribution in [0.1, 0.15) is 5.56 Å². The molecule has 0 aliphatic heterocycles. The van der Waals surface area contributed by atoms with Gasteiger partial charge in [-0.05, 0) is 30.2 Å². The predicted octanol–water partition coefficient (Wildman–Crippen LogP) is 2.92. The van der Waals surface area contributed by atoms with Gasteiger partial charge in [-0.15, -0.1) is 0 Å². The van der Waals surface area contributed by atoms with Crippen molar-refractivity contribution in [3.8, 4) is 0 Å². The van der Waals surface area contributed by atoms with Gasteiger partial charge in [0.2, 0.25) is 0 Å². The normalized spacial score (nSPS) is 10.1.